The number of amides is 1. The fourth-order valence-electron chi connectivity index (χ4n) is 4.66. The fraction of sp³-hybridized carbons (Fsp3) is 0.345. The summed E-state index contributed by atoms with van der Waals surface area (Å²) in [7, 11) is 0. The van der Waals surface area contributed by atoms with E-state index in [1.807, 2.05) is 42.5 Å². The van der Waals surface area contributed by atoms with E-state index in [2.05, 4.69) is 66.6 Å². The summed E-state index contributed by atoms with van der Waals surface area (Å²) in [6.07, 6.45) is 0.900. The van der Waals surface area contributed by atoms with Crippen LogP contribution < -0.4 is 10.6 Å². The Bertz CT molecular complexity index is 1060. The van der Waals surface area contributed by atoms with Crippen LogP contribution >= 0.6 is 0 Å². The van der Waals surface area contributed by atoms with E-state index in [1.165, 1.54) is 22.3 Å². The average molecular weight is 442 g/mol. The van der Waals surface area contributed by atoms with E-state index in [0.29, 0.717) is 18.6 Å². The Kier molecular flexibility index (Phi) is 7.58. The Morgan fingerprint density at radius 3 is 2.39 bits per heavy atom. The molecule has 172 valence electrons. The highest BCUT2D eigenvalue weighted by atomic mass is 16.1. The van der Waals surface area contributed by atoms with E-state index in [1.54, 1.807) is 0 Å². The number of benzene rings is 3. The van der Waals surface area contributed by atoms with Gasteiger partial charge in [-0.2, -0.15) is 0 Å². The number of rotatable bonds is 8. The molecular weight excluding hydrogens is 406 g/mol. The topological polar surface area (TPSA) is 44.4 Å². The normalized spacial score (nSPS) is 14.7. The predicted molar refractivity (Wildman–Crippen MR) is 135 cm³/mol. The minimum Gasteiger partial charge on any atom is -0.348 e. The van der Waals surface area contributed by atoms with Crippen LogP contribution in [0, 0.1) is 0 Å². The van der Waals surface area contributed by atoms with Gasteiger partial charge in [-0.05, 0) is 47.2 Å². The highest BCUT2D eigenvalue weighted by molar-refractivity contribution is 5.96. The highest BCUT2D eigenvalue weighted by Gasteiger charge is 2.21. The van der Waals surface area contributed by atoms with Gasteiger partial charge >= 0.3 is 0 Å². The maximum absolute atomic E-state index is 12.9. The third-order valence-corrected chi connectivity index (χ3v) is 6.35. The van der Waals surface area contributed by atoms with Crippen molar-refractivity contribution in [2.75, 3.05) is 6.54 Å². The molecule has 1 atom stereocenters. The SMILES string of the molecule is CC(C)N[C@@H](C)c1ccc(CN2CCc3c(cccc3C(=O)NCc3ccccc3)C2)cc1. The van der Waals surface area contributed by atoms with Gasteiger partial charge in [-0.15, -0.1) is 0 Å². The molecule has 0 aliphatic carbocycles. The van der Waals surface area contributed by atoms with Crippen molar-refractivity contribution in [1.82, 2.24) is 15.5 Å². The first-order chi connectivity index (χ1) is 16.0. The second-order valence-electron chi connectivity index (χ2n) is 9.36. The molecule has 1 amide bonds. The molecule has 0 spiro atoms. The maximum atomic E-state index is 12.9. The molecule has 0 unspecified atom stereocenters. The lowest BCUT2D eigenvalue weighted by molar-refractivity contribution is 0.0949. The van der Waals surface area contributed by atoms with Crippen LogP contribution in [0.5, 0.6) is 0 Å². The van der Waals surface area contributed by atoms with Crippen molar-refractivity contribution in [2.24, 2.45) is 0 Å². The average Bonchev–Trinajstić information content (AvgIpc) is 2.82. The Morgan fingerprint density at radius 2 is 1.67 bits per heavy atom. The lowest BCUT2D eigenvalue weighted by Gasteiger charge is -2.30. The minimum absolute atomic E-state index is 0.0175. The molecule has 4 rings (SSSR count). The Balaban J connectivity index is 1.37. The number of nitrogens with zero attached hydrogens (tertiary/aromatic N) is 1. The zero-order valence-electron chi connectivity index (χ0n) is 20.0. The van der Waals surface area contributed by atoms with Gasteiger partial charge in [-0.1, -0.05) is 80.6 Å². The summed E-state index contributed by atoms with van der Waals surface area (Å²) in [5, 5.41) is 6.65. The maximum Gasteiger partial charge on any atom is 0.251 e. The van der Waals surface area contributed by atoms with E-state index < -0.39 is 0 Å². The molecule has 0 aromatic heterocycles. The zero-order valence-corrected chi connectivity index (χ0v) is 20.0. The quantitative estimate of drug-likeness (QED) is 0.503. The molecular formula is C29H35N3O. The second kappa shape index (κ2) is 10.8. The van der Waals surface area contributed by atoms with Gasteiger partial charge < -0.3 is 10.6 Å². The Morgan fingerprint density at radius 1 is 0.909 bits per heavy atom. The van der Waals surface area contributed by atoms with Crippen molar-refractivity contribution in [3.63, 3.8) is 0 Å². The van der Waals surface area contributed by atoms with Gasteiger partial charge in [0, 0.05) is 43.8 Å². The number of carbonyl (C=O) groups is 1. The molecule has 0 radical (unpaired) electrons. The molecule has 1 aliphatic heterocycles. The first-order valence-corrected chi connectivity index (χ1v) is 12.0. The zero-order chi connectivity index (χ0) is 23.2. The predicted octanol–water partition coefficient (Wildman–Crippen LogP) is 5.23. The third-order valence-electron chi connectivity index (χ3n) is 6.35. The first-order valence-electron chi connectivity index (χ1n) is 12.0. The number of fused-ring (bicyclic) bond motifs is 1. The number of hydrogen-bond donors (Lipinski definition) is 2. The minimum atomic E-state index is 0.0175. The summed E-state index contributed by atoms with van der Waals surface area (Å²) in [6, 6.07) is 26.0. The van der Waals surface area contributed by atoms with Crippen molar-refractivity contribution in [3.05, 3.63) is 106 Å². The molecule has 0 bridgehead atoms. The molecule has 0 saturated carbocycles. The molecule has 4 nitrogen and oxygen atoms in total. The van der Waals surface area contributed by atoms with E-state index in [9.17, 15) is 4.79 Å². The van der Waals surface area contributed by atoms with Crippen molar-refractivity contribution in [3.8, 4) is 0 Å². The van der Waals surface area contributed by atoms with Crippen molar-refractivity contribution < 1.29 is 4.79 Å². The van der Waals surface area contributed by atoms with Crippen LogP contribution in [0.25, 0.3) is 0 Å². The van der Waals surface area contributed by atoms with Crippen molar-refractivity contribution in [1.29, 1.82) is 0 Å². The van der Waals surface area contributed by atoms with E-state index >= 15 is 0 Å². The molecule has 33 heavy (non-hydrogen) atoms. The monoisotopic (exact) mass is 441 g/mol. The largest absolute Gasteiger partial charge is 0.348 e. The molecule has 0 fully saturated rings. The smallest absolute Gasteiger partial charge is 0.251 e. The number of hydrogen-bond acceptors (Lipinski definition) is 3. The van der Waals surface area contributed by atoms with Crippen LogP contribution in [0.15, 0.2) is 72.8 Å². The van der Waals surface area contributed by atoms with E-state index in [-0.39, 0.29) is 5.91 Å². The van der Waals surface area contributed by atoms with Crippen molar-refractivity contribution in [2.45, 2.75) is 58.9 Å². The fourth-order valence-corrected chi connectivity index (χ4v) is 4.66. The van der Waals surface area contributed by atoms with Gasteiger partial charge in [0.15, 0.2) is 0 Å². The summed E-state index contributed by atoms with van der Waals surface area (Å²) >= 11 is 0. The highest BCUT2D eigenvalue weighted by Crippen LogP contribution is 2.24. The molecule has 0 saturated heterocycles. The summed E-state index contributed by atoms with van der Waals surface area (Å²) in [6.45, 7) is 9.89. The van der Waals surface area contributed by atoms with Gasteiger partial charge in [-0.3, -0.25) is 9.69 Å². The lowest BCUT2D eigenvalue weighted by Crippen LogP contribution is -2.32. The summed E-state index contributed by atoms with van der Waals surface area (Å²) in [4.78, 5) is 15.4. The van der Waals surface area contributed by atoms with Gasteiger partial charge in [0.2, 0.25) is 0 Å². The standard InChI is InChI=1S/C29H35N3O/c1-21(2)31-22(3)25-14-12-24(13-15-25)19-32-17-16-27-26(20-32)10-7-11-28(27)29(33)30-18-23-8-5-4-6-9-23/h4-15,21-22,31H,16-20H2,1-3H3,(H,30,33)/t22-/m0/s1. The van der Waals surface area contributed by atoms with Gasteiger partial charge in [0.1, 0.15) is 0 Å². The van der Waals surface area contributed by atoms with Crippen LogP contribution in [-0.2, 0) is 26.1 Å². The van der Waals surface area contributed by atoms with Crippen LogP contribution in [0.2, 0.25) is 0 Å². The third kappa shape index (κ3) is 6.10. The van der Waals surface area contributed by atoms with Crippen LogP contribution in [-0.4, -0.2) is 23.4 Å². The molecule has 1 heterocycles. The van der Waals surface area contributed by atoms with Crippen LogP contribution in [0.3, 0.4) is 0 Å². The number of carbonyl (C=O) groups excluding carboxylic acids is 1. The lowest BCUT2D eigenvalue weighted by atomic mass is 9.93. The molecule has 3 aromatic rings. The Labute approximate surface area is 198 Å². The van der Waals surface area contributed by atoms with E-state index in [4.69, 9.17) is 0 Å². The molecule has 1 aliphatic rings. The summed E-state index contributed by atoms with van der Waals surface area (Å²) in [5.74, 6) is 0.0175. The van der Waals surface area contributed by atoms with E-state index in [0.717, 1.165) is 37.2 Å². The van der Waals surface area contributed by atoms with Gasteiger partial charge in [-0.25, -0.2) is 0 Å². The van der Waals surface area contributed by atoms with Gasteiger partial charge in [0.25, 0.3) is 5.91 Å². The molecule has 4 heteroatoms. The molecule has 2 N–H and O–H groups in total. The second-order valence-corrected chi connectivity index (χ2v) is 9.36. The summed E-state index contributed by atoms with van der Waals surface area (Å²) in [5.41, 5.74) is 7.04. The van der Waals surface area contributed by atoms with Crippen molar-refractivity contribution >= 4 is 5.91 Å². The van der Waals surface area contributed by atoms with Crippen LogP contribution in [0.1, 0.15) is 65.0 Å². The molecule has 3 aromatic carbocycles. The van der Waals surface area contributed by atoms with Gasteiger partial charge in [0.05, 0.1) is 0 Å². The summed E-state index contributed by atoms with van der Waals surface area (Å²) < 4.78 is 0. The first kappa shape index (κ1) is 23.2. The van der Waals surface area contributed by atoms with Crippen LogP contribution in [0.4, 0.5) is 0 Å². The number of nitrogens with one attached hydrogen (secondary N) is 2. The Hall–Kier alpha value is -2.95.